The molecule has 0 saturated heterocycles. The van der Waals surface area contributed by atoms with Gasteiger partial charge in [0.05, 0.1) is 28.0 Å². The van der Waals surface area contributed by atoms with Gasteiger partial charge < -0.3 is 5.11 Å². The van der Waals surface area contributed by atoms with Crippen LogP contribution in [-0.2, 0) is 16.2 Å². The van der Waals surface area contributed by atoms with Gasteiger partial charge in [0.2, 0.25) is 0 Å². The Morgan fingerprint density at radius 3 is 1.98 bits per heavy atom. The van der Waals surface area contributed by atoms with Crippen molar-refractivity contribution in [2.75, 3.05) is 0 Å². The van der Waals surface area contributed by atoms with E-state index in [-0.39, 0.29) is 22.3 Å². The lowest BCUT2D eigenvalue weighted by Gasteiger charge is -2.23. The first-order chi connectivity index (χ1) is 33.3. The van der Waals surface area contributed by atoms with E-state index in [0.717, 1.165) is 38.9 Å². The lowest BCUT2D eigenvalue weighted by atomic mass is 9.83. The van der Waals surface area contributed by atoms with E-state index < -0.39 is 38.2 Å². The molecule has 302 valence electrons. The maximum absolute atomic E-state index is 12.3. The molecule has 4 nitrogen and oxygen atoms in total. The second-order valence-electron chi connectivity index (χ2n) is 17.8. The number of benzene rings is 6. The van der Waals surface area contributed by atoms with E-state index in [1.165, 1.54) is 24.3 Å². The molecule has 60 heavy (non-hydrogen) atoms. The van der Waals surface area contributed by atoms with Crippen LogP contribution in [0.2, 0.25) is 0 Å². The highest BCUT2D eigenvalue weighted by molar-refractivity contribution is 5.98. The minimum atomic E-state index is -3.38. The zero-order valence-corrected chi connectivity index (χ0v) is 35.1. The van der Waals surface area contributed by atoms with Crippen LogP contribution in [0, 0.1) is 13.8 Å². The number of hydrogen-bond donors (Lipinski definition) is 1. The number of aryl methyl sites for hydroxylation is 2. The fourth-order valence-electron chi connectivity index (χ4n) is 7.90. The Balaban J connectivity index is 1.35. The van der Waals surface area contributed by atoms with Gasteiger partial charge in [-0.2, -0.15) is 0 Å². The maximum Gasteiger partial charge on any atom is 0.149 e. The third-order valence-corrected chi connectivity index (χ3v) is 11.1. The fraction of sp³-hybridized carbons (Fsp3) is 0.250. The number of rotatable bonds is 6. The van der Waals surface area contributed by atoms with Crippen molar-refractivity contribution in [1.29, 1.82) is 0 Å². The molecule has 0 aliphatic carbocycles. The van der Waals surface area contributed by atoms with Crippen LogP contribution in [0.5, 0.6) is 5.75 Å². The Bertz CT molecular complexity index is 3300. The quantitative estimate of drug-likeness (QED) is 0.182. The number of hydrogen-bond acceptors (Lipinski definition) is 3. The van der Waals surface area contributed by atoms with Gasteiger partial charge in [0, 0.05) is 44.9 Å². The average molecular weight is 800 g/mol. The number of aromatic nitrogens is 3. The molecule has 2 heterocycles. The van der Waals surface area contributed by atoms with Gasteiger partial charge in [0.1, 0.15) is 11.6 Å². The number of imidazole rings is 1. The fourth-order valence-corrected chi connectivity index (χ4v) is 7.90. The van der Waals surface area contributed by atoms with Gasteiger partial charge in [-0.15, -0.1) is 0 Å². The monoisotopic (exact) mass is 800 g/mol. The lowest BCUT2D eigenvalue weighted by molar-refractivity contribution is 0.448. The predicted octanol–water partition coefficient (Wildman–Crippen LogP) is 15.0. The summed E-state index contributed by atoms with van der Waals surface area (Å²) in [6.45, 7) is 1.95. The van der Waals surface area contributed by atoms with Crippen molar-refractivity contribution in [3.05, 3.63) is 167 Å². The lowest BCUT2D eigenvalue weighted by Crippen LogP contribution is -2.12. The smallest absolute Gasteiger partial charge is 0.149 e. The van der Waals surface area contributed by atoms with E-state index in [4.69, 9.17) is 26.4 Å². The van der Waals surface area contributed by atoms with E-state index in [2.05, 4.69) is 32.9 Å². The Kier molecular flexibility index (Phi) is 7.10. The van der Waals surface area contributed by atoms with Gasteiger partial charge in [-0.25, -0.2) is 4.98 Å². The van der Waals surface area contributed by atoms with Gasteiger partial charge in [-0.3, -0.25) is 9.55 Å². The molecule has 0 atom stereocenters. The Morgan fingerprint density at radius 1 is 0.550 bits per heavy atom. The molecule has 8 rings (SSSR count). The number of phenolic OH excluding ortho intramolecular Hbond substituents is 1. The van der Waals surface area contributed by atoms with E-state index in [1.807, 2.05) is 111 Å². The van der Waals surface area contributed by atoms with Crippen molar-refractivity contribution in [3.63, 3.8) is 0 Å². The van der Waals surface area contributed by atoms with Crippen LogP contribution in [0.1, 0.15) is 106 Å². The second-order valence-corrected chi connectivity index (χ2v) is 17.8. The van der Waals surface area contributed by atoms with E-state index in [0.29, 0.717) is 50.5 Å². The third kappa shape index (κ3) is 7.79. The van der Waals surface area contributed by atoms with Crippen LogP contribution in [0.25, 0.3) is 72.7 Å². The first-order valence-electron chi connectivity index (χ1n) is 26.1. The van der Waals surface area contributed by atoms with Crippen LogP contribution in [0.4, 0.5) is 0 Å². The van der Waals surface area contributed by atoms with Gasteiger partial charge in [0.15, 0.2) is 0 Å². The molecule has 0 aliphatic rings. The van der Waals surface area contributed by atoms with Gasteiger partial charge in [-0.05, 0) is 117 Å². The number of pyridine rings is 1. The molecule has 8 aromatic rings. The van der Waals surface area contributed by atoms with Crippen molar-refractivity contribution in [2.45, 2.75) is 92.1 Å². The molecular weight excluding hydrogens is 731 g/mol. The summed E-state index contributed by atoms with van der Waals surface area (Å²) < 4.78 is 101. The summed E-state index contributed by atoms with van der Waals surface area (Å²) in [7, 11) is 0. The van der Waals surface area contributed by atoms with E-state index >= 15 is 0 Å². The van der Waals surface area contributed by atoms with Crippen LogP contribution >= 0.6 is 0 Å². The molecule has 0 fully saturated rings. The first-order valence-corrected chi connectivity index (χ1v) is 20.1. The van der Waals surface area contributed by atoms with Crippen LogP contribution in [0.3, 0.4) is 0 Å². The molecule has 0 saturated carbocycles. The number of nitrogens with zero attached hydrogens (tertiary/aromatic N) is 3. The highest BCUT2D eigenvalue weighted by Gasteiger charge is 2.27. The summed E-state index contributed by atoms with van der Waals surface area (Å²) in [5.41, 5.74) is 6.88. The minimum Gasteiger partial charge on any atom is -0.507 e. The van der Waals surface area contributed by atoms with E-state index in [9.17, 15) is 5.11 Å². The number of phenols is 1. The molecule has 4 heteroatoms. The number of para-hydroxylation sites is 1. The Hall–Kier alpha value is -6.26. The largest absolute Gasteiger partial charge is 0.507 e. The second kappa shape index (κ2) is 15.1. The Morgan fingerprint density at radius 2 is 1.28 bits per heavy atom. The SMILES string of the molecule is [2H]C([2H])([2H])c1ccc(-n2c(-c3cc(C)cc(C(C)(C)C)c3O)nc3c(-c4cc(-c5cc(-c6ccc(C(C([2H])([2H])[2H])(C([2H])([2H])[2H])C([2H])([2H])[2H])cc6)ccn5)cc(C(C)(C)C)c4)cccc32)c(-c2ccccc2)c1. The molecule has 2 aromatic heterocycles. The van der Waals surface area contributed by atoms with Crippen LogP contribution < -0.4 is 0 Å². The average Bonchev–Trinajstić information content (AvgIpc) is 3.67. The highest BCUT2D eigenvalue weighted by atomic mass is 16.3. The summed E-state index contributed by atoms with van der Waals surface area (Å²) in [6, 6.07) is 40.1. The topological polar surface area (TPSA) is 50.9 Å². The number of aromatic hydroxyl groups is 1. The summed E-state index contributed by atoms with van der Waals surface area (Å²) in [5.74, 6) is 0.555. The van der Waals surface area contributed by atoms with Crippen LogP contribution in [0.15, 0.2) is 140 Å². The van der Waals surface area contributed by atoms with Gasteiger partial charge in [-0.1, -0.05) is 153 Å². The highest BCUT2D eigenvalue weighted by Crippen LogP contribution is 2.44. The zero-order chi connectivity index (χ0) is 52.7. The summed E-state index contributed by atoms with van der Waals surface area (Å²) in [4.78, 5) is 10.3. The van der Waals surface area contributed by atoms with Crippen molar-refractivity contribution in [2.24, 2.45) is 0 Å². The van der Waals surface area contributed by atoms with Gasteiger partial charge >= 0.3 is 0 Å². The normalized spacial score (nSPS) is 16.1. The summed E-state index contributed by atoms with van der Waals surface area (Å²) in [5, 5.41) is 12.3. The summed E-state index contributed by atoms with van der Waals surface area (Å²) in [6.07, 6.45) is 1.65. The molecule has 0 bridgehead atoms. The molecule has 6 aromatic carbocycles. The van der Waals surface area contributed by atoms with Crippen LogP contribution in [-0.4, -0.2) is 19.6 Å². The molecule has 0 radical (unpaired) electrons. The third-order valence-electron chi connectivity index (χ3n) is 11.1. The minimum absolute atomic E-state index is 0.0929. The summed E-state index contributed by atoms with van der Waals surface area (Å²) >= 11 is 0. The van der Waals surface area contributed by atoms with E-state index in [1.54, 1.807) is 24.4 Å². The molecular formula is C56H57N3O. The van der Waals surface area contributed by atoms with Crippen molar-refractivity contribution >= 4 is 11.0 Å². The molecule has 0 unspecified atom stereocenters. The molecule has 1 N–H and O–H groups in total. The molecule has 0 spiro atoms. The zero-order valence-electron chi connectivity index (χ0n) is 47.1. The predicted molar refractivity (Wildman–Crippen MR) is 253 cm³/mol. The Labute approximate surface area is 373 Å². The number of fused-ring (bicyclic) bond motifs is 1. The molecule has 0 amide bonds. The standard InChI is InChI=1S/C56H57N3O/c1-35-20-25-49(45(28-35)38-16-13-12-14-17-38)59-50-19-15-18-44(51(50)58-53(59)46-29-36(2)30-47(52(46)60)56(9,10)11)40-31-41(33-43(32-40)55(6,7)8)48-34-39(26-27-57-48)37-21-23-42(24-22-37)54(3,4)5/h12-34,60H,1-11H3/i1D3,3D3,4D3,5D3. The van der Waals surface area contributed by atoms with Crippen molar-refractivity contribution in [3.8, 4) is 67.5 Å². The van der Waals surface area contributed by atoms with Gasteiger partial charge in [0.25, 0.3) is 0 Å². The van der Waals surface area contributed by atoms with Crippen molar-refractivity contribution in [1.82, 2.24) is 14.5 Å². The van der Waals surface area contributed by atoms with Crippen molar-refractivity contribution < 1.29 is 21.6 Å². The first kappa shape index (κ1) is 28.3. The molecule has 0 aliphatic heterocycles. The maximum atomic E-state index is 12.3.